The zero-order chi connectivity index (χ0) is 13.1. The molecule has 2 nitrogen and oxygen atoms in total. The Morgan fingerprint density at radius 3 is 2.50 bits per heavy atom. The third-order valence-electron chi connectivity index (χ3n) is 2.63. The van der Waals surface area contributed by atoms with Crippen LogP contribution in [0.15, 0.2) is 46.9 Å². The van der Waals surface area contributed by atoms with Gasteiger partial charge in [-0.05, 0) is 43.7 Å². The fraction of sp³-hybridized carbons (Fsp3) is 0.133. The van der Waals surface area contributed by atoms with Gasteiger partial charge in [0.05, 0.1) is 5.56 Å². The molecular weight excluding hydrogens is 292 g/mol. The van der Waals surface area contributed by atoms with E-state index in [1.807, 2.05) is 37.3 Å². The van der Waals surface area contributed by atoms with E-state index in [4.69, 9.17) is 4.74 Å². The van der Waals surface area contributed by atoms with Gasteiger partial charge in [-0.1, -0.05) is 34.1 Å². The van der Waals surface area contributed by atoms with E-state index in [0.717, 1.165) is 15.8 Å². The van der Waals surface area contributed by atoms with E-state index in [-0.39, 0.29) is 5.78 Å². The Morgan fingerprint density at radius 1 is 1.11 bits per heavy atom. The number of ketones is 1. The van der Waals surface area contributed by atoms with Crippen molar-refractivity contribution >= 4 is 21.7 Å². The maximum absolute atomic E-state index is 11.6. The third-order valence-corrected chi connectivity index (χ3v) is 3.13. The van der Waals surface area contributed by atoms with Crippen molar-refractivity contribution in [2.45, 2.75) is 13.8 Å². The zero-order valence-electron chi connectivity index (χ0n) is 10.2. The molecule has 2 aromatic rings. The highest BCUT2D eigenvalue weighted by atomic mass is 79.9. The normalized spacial score (nSPS) is 10.2. The first kappa shape index (κ1) is 12.8. The van der Waals surface area contributed by atoms with Crippen molar-refractivity contribution in [1.82, 2.24) is 0 Å². The van der Waals surface area contributed by atoms with Crippen LogP contribution in [0.25, 0.3) is 0 Å². The summed E-state index contributed by atoms with van der Waals surface area (Å²) in [6, 6.07) is 13.2. The smallest absolute Gasteiger partial charge is 0.163 e. The largest absolute Gasteiger partial charge is 0.456 e. The molecular formula is C15H13BrO2. The Kier molecular flexibility index (Phi) is 3.82. The second kappa shape index (κ2) is 5.36. The molecule has 0 bridgehead atoms. The highest BCUT2D eigenvalue weighted by Crippen LogP contribution is 2.30. The Hall–Kier alpha value is -1.61. The molecule has 18 heavy (non-hydrogen) atoms. The van der Waals surface area contributed by atoms with E-state index < -0.39 is 0 Å². The molecule has 0 radical (unpaired) electrons. The summed E-state index contributed by atoms with van der Waals surface area (Å²) in [5.74, 6) is 1.34. The van der Waals surface area contributed by atoms with E-state index in [1.54, 1.807) is 12.1 Å². The third kappa shape index (κ3) is 2.79. The van der Waals surface area contributed by atoms with Crippen molar-refractivity contribution in [3.8, 4) is 11.5 Å². The number of para-hydroxylation sites is 1. The maximum Gasteiger partial charge on any atom is 0.163 e. The summed E-state index contributed by atoms with van der Waals surface area (Å²) in [6.45, 7) is 3.51. The number of carbonyl (C=O) groups is 1. The molecule has 0 spiro atoms. The lowest BCUT2D eigenvalue weighted by molar-refractivity contribution is 0.101. The highest BCUT2D eigenvalue weighted by molar-refractivity contribution is 9.10. The average Bonchev–Trinajstić information content (AvgIpc) is 2.34. The molecule has 0 saturated carbocycles. The van der Waals surface area contributed by atoms with E-state index >= 15 is 0 Å². The second-order valence-corrected chi connectivity index (χ2v) is 4.98. The molecule has 0 aliphatic rings. The first-order valence-corrected chi connectivity index (χ1v) is 6.41. The minimum Gasteiger partial charge on any atom is -0.456 e. The van der Waals surface area contributed by atoms with Gasteiger partial charge in [-0.25, -0.2) is 0 Å². The molecule has 0 amide bonds. The van der Waals surface area contributed by atoms with Gasteiger partial charge in [0.1, 0.15) is 11.5 Å². The number of rotatable bonds is 3. The van der Waals surface area contributed by atoms with E-state index in [2.05, 4.69) is 15.9 Å². The van der Waals surface area contributed by atoms with Crippen LogP contribution in [0.1, 0.15) is 22.8 Å². The summed E-state index contributed by atoms with van der Waals surface area (Å²) < 4.78 is 6.68. The molecule has 0 fully saturated rings. The van der Waals surface area contributed by atoms with Crippen molar-refractivity contribution < 1.29 is 9.53 Å². The summed E-state index contributed by atoms with van der Waals surface area (Å²) in [5, 5.41) is 0. The predicted molar refractivity (Wildman–Crippen MR) is 75.4 cm³/mol. The number of aryl methyl sites for hydroxylation is 1. The number of Topliss-reactive ketones (excluding diaryl/α,β-unsaturated/α-hetero) is 1. The topological polar surface area (TPSA) is 26.3 Å². The number of carbonyl (C=O) groups excluding carboxylic acids is 1. The van der Waals surface area contributed by atoms with Crippen LogP contribution in [0, 0.1) is 6.92 Å². The van der Waals surface area contributed by atoms with Crippen LogP contribution in [0.2, 0.25) is 0 Å². The second-order valence-electron chi connectivity index (χ2n) is 4.06. The quantitative estimate of drug-likeness (QED) is 0.765. The molecule has 0 atom stereocenters. The zero-order valence-corrected chi connectivity index (χ0v) is 11.8. The Balaban J connectivity index is 2.41. The Morgan fingerprint density at radius 2 is 1.83 bits per heavy atom. The highest BCUT2D eigenvalue weighted by Gasteiger charge is 2.10. The molecule has 92 valence electrons. The van der Waals surface area contributed by atoms with Crippen LogP contribution in [0.3, 0.4) is 0 Å². The predicted octanol–water partition coefficient (Wildman–Crippen LogP) is 4.75. The van der Waals surface area contributed by atoms with Gasteiger partial charge >= 0.3 is 0 Å². The molecule has 2 aromatic carbocycles. The van der Waals surface area contributed by atoms with Crippen LogP contribution >= 0.6 is 15.9 Å². The van der Waals surface area contributed by atoms with Crippen LogP contribution in [-0.2, 0) is 0 Å². The molecule has 3 heteroatoms. The number of benzene rings is 2. The lowest BCUT2D eigenvalue weighted by atomic mass is 10.1. The number of hydrogen-bond acceptors (Lipinski definition) is 2. The van der Waals surface area contributed by atoms with E-state index in [9.17, 15) is 4.79 Å². The summed E-state index contributed by atoms with van der Waals surface area (Å²) in [5.41, 5.74) is 1.61. The molecule has 0 aliphatic carbocycles. The van der Waals surface area contributed by atoms with Crippen molar-refractivity contribution in [1.29, 1.82) is 0 Å². The van der Waals surface area contributed by atoms with Crippen molar-refractivity contribution in [3.63, 3.8) is 0 Å². The molecule has 0 aromatic heterocycles. The molecule has 0 heterocycles. The number of halogens is 1. The van der Waals surface area contributed by atoms with Crippen LogP contribution in [-0.4, -0.2) is 5.78 Å². The lowest BCUT2D eigenvalue weighted by Crippen LogP contribution is -1.97. The van der Waals surface area contributed by atoms with Gasteiger partial charge in [0.15, 0.2) is 5.78 Å². The van der Waals surface area contributed by atoms with Gasteiger partial charge in [0, 0.05) is 4.47 Å². The fourth-order valence-electron chi connectivity index (χ4n) is 1.66. The molecule has 0 N–H and O–H groups in total. The van der Waals surface area contributed by atoms with Crippen LogP contribution < -0.4 is 4.74 Å². The molecule has 0 unspecified atom stereocenters. The fourth-order valence-corrected chi connectivity index (χ4v) is 2.02. The van der Waals surface area contributed by atoms with Crippen LogP contribution in [0.5, 0.6) is 11.5 Å². The average molecular weight is 305 g/mol. The summed E-state index contributed by atoms with van der Waals surface area (Å²) in [6.07, 6.45) is 0. The summed E-state index contributed by atoms with van der Waals surface area (Å²) in [4.78, 5) is 11.6. The van der Waals surface area contributed by atoms with Gasteiger partial charge in [-0.15, -0.1) is 0 Å². The Labute approximate surface area is 115 Å². The van der Waals surface area contributed by atoms with Crippen LogP contribution in [0.4, 0.5) is 0 Å². The van der Waals surface area contributed by atoms with Gasteiger partial charge in [0.25, 0.3) is 0 Å². The maximum atomic E-state index is 11.6. The number of ether oxygens (including phenoxy) is 1. The van der Waals surface area contributed by atoms with Gasteiger partial charge in [0.2, 0.25) is 0 Å². The molecule has 0 aliphatic heterocycles. The first-order valence-electron chi connectivity index (χ1n) is 5.62. The van der Waals surface area contributed by atoms with Crippen molar-refractivity contribution in [3.05, 3.63) is 58.1 Å². The summed E-state index contributed by atoms with van der Waals surface area (Å²) >= 11 is 3.36. The Bertz CT molecular complexity index is 591. The first-order chi connectivity index (χ1) is 8.58. The summed E-state index contributed by atoms with van der Waals surface area (Å²) in [7, 11) is 0. The minimum atomic E-state index is -0.0140. The monoisotopic (exact) mass is 304 g/mol. The molecule has 0 saturated heterocycles. The van der Waals surface area contributed by atoms with Crippen molar-refractivity contribution in [2.24, 2.45) is 0 Å². The SMILES string of the molecule is CC(=O)c1cc(Br)ccc1Oc1ccccc1C. The van der Waals surface area contributed by atoms with Gasteiger partial charge in [-0.3, -0.25) is 4.79 Å². The minimum absolute atomic E-state index is 0.0140. The lowest BCUT2D eigenvalue weighted by Gasteiger charge is -2.11. The van der Waals surface area contributed by atoms with E-state index in [1.165, 1.54) is 6.92 Å². The molecule has 2 rings (SSSR count). The van der Waals surface area contributed by atoms with E-state index in [0.29, 0.717) is 11.3 Å². The number of hydrogen-bond donors (Lipinski definition) is 0. The standard InChI is InChI=1S/C15H13BrO2/c1-10-5-3-4-6-14(10)18-15-8-7-12(16)9-13(15)11(2)17/h3-9H,1-2H3. The van der Waals surface area contributed by atoms with Gasteiger partial charge in [-0.2, -0.15) is 0 Å². The van der Waals surface area contributed by atoms with Gasteiger partial charge < -0.3 is 4.74 Å². The van der Waals surface area contributed by atoms with Crippen molar-refractivity contribution in [2.75, 3.05) is 0 Å².